The van der Waals surface area contributed by atoms with Gasteiger partial charge in [-0.2, -0.15) is 13.2 Å². The molecule has 0 saturated heterocycles. The third-order valence-corrected chi connectivity index (χ3v) is 4.27. The number of amides is 1. The van der Waals surface area contributed by atoms with E-state index in [-0.39, 0.29) is 12.5 Å². The first-order valence-electron chi connectivity index (χ1n) is 8.75. The Labute approximate surface area is 160 Å². The number of carbonyl (C=O) groups excluding carboxylic acids is 1. The number of benzene rings is 2. The van der Waals surface area contributed by atoms with Crippen molar-refractivity contribution in [1.82, 2.24) is 4.98 Å². The molecule has 0 aliphatic rings. The summed E-state index contributed by atoms with van der Waals surface area (Å²) in [5.74, 6) is 0.447. The highest BCUT2D eigenvalue weighted by atomic mass is 19.4. The molecule has 0 unspecified atom stereocenters. The lowest BCUT2D eigenvalue weighted by atomic mass is 9.95. The summed E-state index contributed by atoms with van der Waals surface area (Å²) >= 11 is 0. The standard InChI is InChI=1S/C21H21F3N2O2/c1-20(2,3)19(27)26-18-11-25-17-9-8-15(10-16(17)18)28-12-13-4-6-14(7-5-13)21(22,23)24/h4-11,25H,12H2,1-3H3,(H,26,27). The minimum Gasteiger partial charge on any atom is -0.489 e. The Morgan fingerprint density at radius 2 is 1.75 bits per heavy atom. The SMILES string of the molecule is CC(C)(C)C(=O)Nc1c[nH]c2ccc(OCc3ccc(C(F)(F)F)cc3)cc12. The molecule has 148 valence electrons. The molecule has 28 heavy (non-hydrogen) atoms. The number of aromatic nitrogens is 1. The van der Waals surface area contributed by atoms with Crippen LogP contribution in [0.4, 0.5) is 18.9 Å². The van der Waals surface area contributed by atoms with E-state index in [1.807, 2.05) is 26.8 Å². The summed E-state index contributed by atoms with van der Waals surface area (Å²) in [5.41, 5.74) is 0.897. The molecule has 0 radical (unpaired) electrons. The van der Waals surface area contributed by atoms with Gasteiger partial charge < -0.3 is 15.0 Å². The fourth-order valence-corrected chi connectivity index (χ4v) is 2.56. The van der Waals surface area contributed by atoms with Crippen molar-refractivity contribution < 1.29 is 22.7 Å². The van der Waals surface area contributed by atoms with Gasteiger partial charge in [0.25, 0.3) is 0 Å². The van der Waals surface area contributed by atoms with Crippen molar-refractivity contribution in [2.24, 2.45) is 5.41 Å². The van der Waals surface area contributed by atoms with E-state index in [4.69, 9.17) is 4.74 Å². The fourth-order valence-electron chi connectivity index (χ4n) is 2.56. The molecule has 0 aliphatic carbocycles. The van der Waals surface area contributed by atoms with Crippen LogP contribution in [0.1, 0.15) is 31.9 Å². The van der Waals surface area contributed by atoms with Gasteiger partial charge in [0.1, 0.15) is 12.4 Å². The molecule has 0 spiro atoms. The summed E-state index contributed by atoms with van der Waals surface area (Å²) < 4.78 is 43.6. The topological polar surface area (TPSA) is 54.1 Å². The van der Waals surface area contributed by atoms with Gasteiger partial charge in [0.2, 0.25) is 5.91 Å². The van der Waals surface area contributed by atoms with Crippen LogP contribution in [-0.4, -0.2) is 10.9 Å². The molecule has 1 heterocycles. The number of nitrogens with one attached hydrogen (secondary N) is 2. The predicted octanol–water partition coefficient (Wildman–Crippen LogP) is 5.75. The van der Waals surface area contributed by atoms with E-state index in [9.17, 15) is 18.0 Å². The highest BCUT2D eigenvalue weighted by Crippen LogP contribution is 2.30. The Hall–Kier alpha value is -2.96. The van der Waals surface area contributed by atoms with Crippen molar-refractivity contribution in [2.75, 3.05) is 5.32 Å². The number of fused-ring (bicyclic) bond motifs is 1. The van der Waals surface area contributed by atoms with Crippen molar-refractivity contribution in [1.29, 1.82) is 0 Å². The van der Waals surface area contributed by atoms with Crippen LogP contribution in [-0.2, 0) is 17.6 Å². The van der Waals surface area contributed by atoms with Crippen LogP contribution in [0.25, 0.3) is 10.9 Å². The molecule has 4 nitrogen and oxygen atoms in total. The molecular formula is C21H21F3N2O2. The largest absolute Gasteiger partial charge is 0.489 e. The van der Waals surface area contributed by atoms with Crippen LogP contribution in [0.5, 0.6) is 5.75 Å². The van der Waals surface area contributed by atoms with Gasteiger partial charge >= 0.3 is 6.18 Å². The molecule has 1 aromatic heterocycles. The molecule has 2 N–H and O–H groups in total. The van der Waals surface area contributed by atoms with Crippen LogP contribution in [0.2, 0.25) is 0 Å². The maximum Gasteiger partial charge on any atom is 0.416 e. The Kier molecular flexibility index (Phi) is 5.10. The lowest BCUT2D eigenvalue weighted by Gasteiger charge is -2.17. The molecule has 0 fully saturated rings. The van der Waals surface area contributed by atoms with E-state index < -0.39 is 17.2 Å². The Morgan fingerprint density at radius 1 is 1.07 bits per heavy atom. The first-order chi connectivity index (χ1) is 13.0. The predicted molar refractivity (Wildman–Crippen MR) is 102 cm³/mol. The van der Waals surface area contributed by atoms with Crippen LogP contribution < -0.4 is 10.1 Å². The number of hydrogen-bond acceptors (Lipinski definition) is 2. The number of anilines is 1. The number of rotatable bonds is 4. The Balaban J connectivity index is 1.73. The Bertz CT molecular complexity index is 984. The number of aromatic amines is 1. The van der Waals surface area contributed by atoms with Crippen molar-refractivity contribution >= 4 is 22.5 Å². The quantitative estimate of drug-likeness (QED) is 0.596. The molecule has 0 saturated carbocycles. The van der Waals surface area contributed by atoms with Crippen LogP contribution in [0.15, 0.2) is 48.7 Å². The van der Waals surface area contributed by atoms with E-state index in [0.717, 1.165) is 23.0 Å². The normalized spacial score (nSPS) is 12.2. The number of hydrogen-bond donors (Lipinski definition) is 2. The van der Waals surface area contributed by atoms with Gasteiger partial charge in [-0.15, -0.1) is 0 Å². The monoisotopic (exact) mass is 390 g/mol. The first-order valence-corrected chi connectivity index (χ1v) is 8.75. The van der Waals surface area contributed by atoms with Gasteiger partial charge in [0, 0.05) is 22.5 Å². The number of halogens is 3. The molecule has 2 aromatic carbocycles. The number of ether oxygens (including phenoxy) is 1. The lowest BCUT2D eigenvalue weighted by molar-refractivity contribution is -0.137. The van der Waals surface area contributed by atoms with Crippen LogP contribution in [0.3, 0.4) is 0 Å². The zero-order valence-corrected chi connectivity index (χ0v) is 15.8. The van der Waals surface area contributed by atoms with Gasteiger partial charge in [0.15, 0.2) is 0 Å². The highest BCUT2D eigenvalue weighted by Gasteiger charge is 2.29. The maximum atomic E-state index is 12.6. The van der Waals surface area contributed by atoms with E-state index in [0.29, 0.717) is 17.0 Å². The average Bonchev–Trinajstić information content (AvgIpc) is 3.01. The number of H-pyrrole nitrogens is 1. The summed E-state index contributed by atoms with van der Waals surface area (Å²) in [4.78, 5) is 15.3. The molecule has 1 amide bonds. The molecule has 0 atom stereocenters. The van der Waals surface area contributed by atoms with Gasteiger partial charge in [-0.25, -0.2) is 0 Å². The fraction of sp³-hybridized carbons (Fsp3) is 0.286. The van der Waals surface area contributed by atoms with Crippen molar-refractivity contribution in [3.63, 3.8) is 0 Å². The van der Waals surface area contributed by atoms with Gasteiger partial charge in [-0.05, 0) is 35.9 Å². The zero-order valence-electron chi connectivity index (χ0n) is 15.8. The molecule has 3 aromatic rings. The highest BCUT2D eigenvalue weighted by molar-refractivity contribution is 6.03. The molecule has 0 aliphatic heterocycles. The third kappa shape index (κ3) is 4.47. The average molecular weight is 390 g/mol. The number of carbonyl (C=O) groups is 1. The lowest BCUT2D eigenvalue weighted by Crippen LogP contribution is -2.27. The van der Waals surface area contributed by atoms with Crippen LogP contribution >= 0.6 is 0 Å². The van der Waals surface area contributed by atoms with Crippen molar-refractivity contribution in [2.45, 2.75) is 33.6 Å². The smallest absolute Gasteiger partial charge is 0.416 e. The summed E-state index contributed by atoms with van der Waals surface area (Å²) in [6, 6.07) is 10.2. The molecular weight excluding hydrogens is 369 g/mol. The minimum atomic E-state index is -4.35. The third-order valence-electron chi connectivity index (χ3n) is 4.27. The molecule has 0 bridgehead atoms. The first kappa shape index (κ1) is 19.8. The summed E-state index contributed by atoms with van der Waals surface area (Å²) in [6.07, 6.45) is -2.64. The van der Waals surface area contributed by atoms with Crippen molar-refractivity contribution in [3.05, 3.63) is 59.8 Å². The Morgan fingerprint density at radius 3 is 2.36 bits per heavy atom. The number of alkyl halides is 3. The van der Waals surface area contributed by atoms with Crippen LogP contribution in [0, 0.1) is 5.41 Å². The summed E-state index contributed by atoms with van der Waals surface area (Å²) in [6.45, 7) is 5.62. The maximum absolute atomic E-state index is 12.6. The minimum absolute atomic E-state index is 0.107. The van der Waals surface area contributed by atoms with Gasteiger partial charge in [0.05, 0.1) is 11.3 Å². The second-order valence-electron chi connectivity index (χ2n) is 7.60. The molecule has 7 heteroatoms. The van der Waals surface area contributed by atoms with E-state index in [1.54, 1.807) is 18.3 Å². The van der Waals surface area contributed by atoms with Crippen molar-refractivity contribution in [3.8, 4) is 5.75 Å². The second kappa shape index (κ2) is 7.22. The van der Waals surface area contributed by atoms with Gasteiger partial charge in [-0.1, -0.05) is 32.9 Å². The summed E-state index contributed by atoms with van der Waals surface area (Å²) in [5, 5.41) is 3.69. The van der Waals surface area contributed by atoms with Gasteiger partial charge in [-0.3, -0.25) is 4.79 Å². The zero-order chi connectivity index (χ0) is 20.5. The summed E-state index contributed by atoms with van der Waals surface area (Å²) in [7, 11) is 0. The van der Waals surface area contributed by atoms with E-state index >= 15 is 0 Å². The second-order valence-corrected chi connectivity index (χ2v) is 7.60. The van der Waals surface area contributed by atoms with E-state index in [2.05, 4.69) is 10.3 Å². The molecule has 3 rings (SSSR count). The van der Waals surface area contributed by atoms with E-state index in [1.165, 1.54) is 12.1 Å².